The van der Waals surface area contributed by atoms with Crippen molar-refractivity contribution in [2.24, 2.45) is 0 Å². The van der Waals surface area contributed by atoms with Gasteiger partial charge in [-0.3, -0.25) is 9.48 Å². The van der Waals surface area contributed by atoms with Crippen molar-refractivity contribution in [2.45, 2.75) is 32.0 Å². The SMILES string of the molecule is N#CC1CCCN1C(=O)Cn1cc(Nc2ncc(Cl)c(NCc3ccccc3)n2)cn1. The number of nitriles is 1. The Labute approximate surface area is 184 Å². The lowest BCUT2D eigenvalue weighted by atomic mass is 10.2. The quantitative estimate of drug-likeness (QED) is 0.584. The van der Waals surface area contributed by atoms with Crippen LogP contribution < -0.4 is 10.6 Å². The lowest BCUT2D eigenvalue weighted by molar-refractivity contribution is -0.132. The Kier molecular flexibility index (Phi) is 6.29. The largest absolute Gasteiger partial charge is 0.365 e. The lowest BCUT2D eigenvalue weighted by Crippen LogP contribution is -2.37. The number of nitrogens with zero attached hydrogens (tertiary/aromatic N) is 6. The molecule has 4 rings (SSSR count). The summed E-state index contributed by atoms with van der Waals surface area (Å²) in [6.07, 6.45) is 6.39. The van der Waals surface area contributed by atoms with Crippen molar-refractivity contribution in [3.63, 3.8) is 0 Å². The monoisotopic (exact) mass is 436 g/mol. The standard InChI is InChI=1S/C21H21ClN8O/c22-18-12-25-21(28-20(18)24-10-15-5-2-1-3-6-15)27-16-11-26-29(13-16)14-19(31)30-8-4-7-17(30)9-23/h1-3,5-6,11-13,17H,4,7-8,10,14H2,(H2,24,25,27,28). The zero-order valence-corrected chi connectivity index (χ0v) is 17.5. The number of likely N-dealkylation sites (tertiary alicyclic amines) is 1. The molecule has 1 aliphatic heterocycles. The number of amides is 1. The molecule has 31 heavy (non-hydrogen) atoms. The average molecular weight is 437 g/mol. The lowest BCUT2D eigenvalue weighted by Gasteiger charge is -2.19. The summed E-state index contributed by atoms with van der Waals surface area (Å²) in [5, 5.41) is 20.1. The summed E-state index contributed by atoms with van der Waals surface area (Å²) >= 11 is 6.22. The number of benzene rings is 1. The summed E-state index contributed by atoms with van der Waals surface area (Å²) in [6.45, 7) is 1.27. The van der Waals surface area contributed by atoms with Gasteiger partial charge >= 0.3 is 0 Å². The van der Waals surface area contributed by atoms with E-state index in [2.05, 4.69) is 31.8 Å². The highest BCUT2D eigenvalue weighted by molar-refractivity contribution is 6.32. The van der Waals surface area contributed by atoms with Crippen molar-refractivity contribution < 1.29 is 4.79 Å². The van der Waals surface area contributed by atoms with Gasteiger partial charge in [0.15, 0.2) is 5.82 Å². The van der Waals surface area contributed by atoms with Crippen LogP contribution in [-0.2, 0) is 17.9 Å². The molecule has 0 spiro atoms. The molecule has 1 aromatic carbocycles. The first-order valence-corrected chi connectivity index (χ1v) is 10.3. The van der Waals surface area contributed by atoms with E-state index in [9.17, 15) is 4.79 Å². The van der Waals surface area contributed by atoms with Crippen molar-refractivity contribution in [1.29, 1.82) is 5.26 Å². The number of nitrogens with one attached hydrogen (secondary N) is 2. The highest BCUT2D eigenvalue weighted by Gasteiger charge is 2.28. The van der Waals surface area contributed by atoms with Gasteiger partial charge in [0.25, 0.3) is 0 Å². The first kappa shape index (κ1) is 20.6. The van der Waals surface area contributed by atoms with Crippen LogP contribution in [0.5, 0.6) is 0 Å². The van der Waals surface area contributed by atoms with Gasteiger partial charge in [0.1, 0.15) is 17.6 Å². The molecule has 3 heterocycles. The van der Waals surface area contributed by atoms with Crippen LogP contribution in [0.3, 0.4) is 0 Å². The number of halogens is 1. The molecule has 2 N–H and O–H groups in total. The van der Waals surface area contributed by atoms with Gasteiger partial charge in [-0.05, 0) is 18.4 Å². The Bertz CT molecular complexity index is 1090. The first-order chi connectivity index (χ1) is 15.1. The van der Waals surface area contributed by atoms with E-state index in [1.807, 2.05) is 30.3 Å². The molecule has 0 bridgehead atoms. The molecule has 9 nitrogen and oxygen atoms in total. The Morgan fingerprint density at radius 1 is 1.29 bits per heavy atom. The molecule has 0 radical (unpaired) electrons. The van der Waals surface area contributed by atoms with Crippen molar-refractivity contribution in [3.05, 3.63) is 59.5 Å². The van der Waals surface area contributed by atoms with E-state index in [0.29, 0.717) is 35.6 Å². The number of hydrogen-bond acceptors (Lipinski definition) is 7. The van der Waals surface area contributed by atoms with E-state index < -0.39 is 0 Å². The normalized spacial score (nSPS) is 15.5. The highest BCUT2D eigenvalue weighted by Crippen LogP contribution is 2.22. The fraction of sp³-hybridized carbons (Fsp3) is 0.286. The molecule has 1 unspecified atom stereocenters. The second-order valence-electron chi connectivity index (χ2n) is 7.16. The van der Waals surface area contributed by atoms with Gasteiger partial charge < -0.3 is 15.5 Å². The van der Waals surface area contributed by atoms with Crippen LogP contribution in [0.1, 0.15) is 18.4 Å². The molecule has 1 amide bonds. The number of aromatic nitrogens is 4. The molecule has 1 fully saturated rings. The third-order valence-electron chi connectivity index (χ3n) is 4.96. The zero-order chi connectivity index (χ0) is 21.6. The van der Waals surface area contributed by atoms with Gasteiger partial charge in [-0.15, -0.1) is 0 Å². The van der Waals surface area contributed by atoms with E-state index in [1.54, 1.807) is 17.3 Å². The van der Waals surface area contributed by atoms with E-state index in [1.165, 1.54) is 10.9 Å². The van der Waals surface area contributed by atoms with Crippen molar-refractivity contribution >= 4 is 35.0 Å². The smallest absolute Gasteiger partial charge is 0.245 e. The van der Waals surface area contributed by atoms with Gasteiger partial charge in [0.2, 0.25) is 11.9 Å². The van der Waals surface area contributed by atoms with Gasteiger partial charge in [0.05, 0.1) is 24.2 Å². The fourth-order valence-electron chi connectivity index (χ4n) is 3.41. The molecule has 158 valence electrons. The van der Waals surface area contributed by atoms with Crippen LogP contribution in [0.25, 0.3) is 0 Å². The van der Waals surface area contributed by atoms with Crippen LogP contribution in [-0.4, -0.2) is 43.1 Å². The van der Waals surface area contributed by atoms with Crippen LogP contribution in [0.2, 0.25) is 5.02 Å². The summed E-state index contributed by atoms with van der Waals surface area (Å²) in [5.74, 6) is 0.755. The topological polar surface area (TPSA) is 112 Å². The number of carbonyl (C=O) groups is 1. The number of carbonyl (C=O) groups excluding carboxylic acids is 1. The molecule has 0 saturated carbocycles. The van der Waals surface area contributed by atoms with Crippen LogP contribution >= 0.6 is 11.6 Å². The molecule has 0 aliphatic carbocycles. The molecule has 1 atom stereocenters. The van der Waals surface area contributed by atoms with Gasteiger partial charge in [-0.1, -0.05) is 41.9 Å². The predicted octanol–water partition coefficient (Wildman–Crippen LogP) is 3.20. The minimum absolute atomic E-state index is 0.0746. The molecule has 1 aliphatic rings. The third-order valence-corrected chi connectivity index (χ3v) is 5.23. The van der Waals surface area contributed by atoms with Crippen molar-refractivity contribution in [2.75, 3.05) is 17.2 Å². The molecular formula is C21H21ClN8O. The first-order valence-electron chi connectivity index (χ1n) is 9.91. The zero-order valence-electron chi connectivity index (χ0n) is 16.7. The van der Waals surface area contributed by atoms with Crippen LogP contribution in [0, 0.1) is 11.3 Å². The summed E-state index contributed by atoms with van der Waals surface area (Å²) < 4.78 is 1.53. The predicted molar refractivity (Wildman–Crippen MR) is 117 cm³/mol. The summed E-state index contributed by atoms with van der Waals surface area (Å²) in [7, 11) is 0. The Balaban J connectivity index is 1.38. The Hall–Kier alpha value is -3.64. The molecular weight excluding hydrogens is 416 g/mol. The van der Waals surface area contributed by atoms with Gasteiger partial charge in [-0.2, -0.15) is 15.3 Å². The second kappa shape index (κ2) is 9.45. The minimum atomic E-state index is -0.343. The summed E-state index contributed by atoms with van der Waals surface area (Å²) in [6, 6.07) is 11.8. The third kappa shape index (κ3) is 5.10. The van der Waals surface area contributed by atoms with Crippen molar-refractivity contribution in [3.8, 4) is 6.07 Å². The minimum Gasteiger partial charge on any atom is -0.365 e. The highest BCUT2D eigenvalue weighted by atomic mass is 35.5. The number of rotatable bonds is 7. The van der Waals surface area contributed by atoms with E-state index >= 15 is 0 Å². The van der Waals surface area contributed by atoms with Crippen LogP contribution in [0.4, 0.5) is 17.5 Å². The van der Waals surface area contributed by atoms with E-state index in [0.717, 1.165) is 18.4 Å². The maximum Gasteiger partial charge on any atom is 0.245 e. The van der Waals surface area contributed by atoms with Gasteiger partial charge in [0, 0.05) is 19.3 Å². The van der Waals surface area contributed by atoms with E-state index in [4.69, 9.17) is 16.9 Å². The maximum atomic E-state index is 12.5. The molecule has 3 aromatic rings. The maximum absolute atomic E-state index is 12.5. The fourth-order valence-corrected chi connectivity index (χ4v) is 3.56. The summed E-state index contributed by atoms with van der Waals surface area (Å²) in [4.78, 5) is 22.7. The molecule has 10 heteroatoms. The van der Waals surface area contributed by atoms with E-state index in [-0.39, 0.29) is 18.5 Å². The number of hydrogen-bond donors (Lipinski definition) is 2. The molecule has 1 saturated heterocycles. The molecule has 2 aromatic heterocycles. The Morgan fingerprint density at radius 3 is 2.94 bits per heavy atom. The number of anilines is 3. The second-order valence-corrected chi connectivity index (χ2v) is 7.56. The average Bonchev–Trinajstić information content (AvgIpc) is 3.44. The Morgan fingerprint density at radius 2 is 2.13 bits per heavy atom. The van der Waals surface area contributed by atoms with Gasteiger partial charge in [-0.25, -0.2) is 4.98 Å². The van der Waals surface area contributed by atoms with Crippen LogP contribution in [0.15, 0.2) is 48.9 Å². The van der Waals surface area contributed by atoms with Crippen molar-refractivity contribution in [1.82, 2.24) is 24.6 Å². The summed E-state index contributed by atoms with van der Waals surface area (Å²) in [5.41, 5.74) is 1.75.